The molecule has 0 aliphatic carbocycles. The van der Waals surface area contributed by atoms with Crippen molar-refractivity contribution in [3.63, 3.8) is 0 Å². The number of hydrogen-bond acceptors (Lipinski definition) is 7. The summed E-state index contributed by atoms with van der Waals surface area (Å²) in [6, 6.07) is 12.5. The van der Waals surface area contributed by atoms with Crippen LogP contribution in [0, 0.1) is 0 Å². The lowest BCUT2D eigenvalue weighted by atomic mass is 10.2. The van der Waals surface area contributed by atoms with Crippen molar-refractivity contribution in [2.75, 3.05) is 0 Å². The summed E-state index contributed by atoms with van der Waals surface area (Å²) >= 11 is 3.31. The van der Waals surface area contributed by atoms with Gasteiger partial charge in [0.05, 0.1) is 5.25 Å². The molecule has 0 saturated carbocycles. The van der Waals surface area contributed by atoms with Crippen LogP contribution in [0.1, 0.15) is 37.2 Å². The Morgan fingerprint density at radius 1 is 1.19 bits per heavy atom. The molecule has 0 bridgehead atoms. The molecule has 0 aliphatic rings. The smallest absolute Gasteiger partial charge is 0.239 e. The second kappa shape index (κ2) is 7.55. The van der Waals surface area contributed by atoms with Crippen molar-refractivity contribution in [3.05, 3.63) is 54.4 Å². The van der Waals surface area contributed by atoms with E-state index in [1.807, 2.05) is 18.2 Å². The average molecular weight is 383 g/mol. The summed E-state index contributed by atoms with van der Waals surface area (Å²) in [4.78, 5) is 15.6. The fraction of sp³-hybridized carbons (Fsp3) is 0.263. The van der Waals surface area contributed by atoms with Crippen LogP contribution in [0.15, 0.2) is 52.3 Å². The van der Waals surface area contributed by atoms with E-state index in [0.717, 1.165) is 33.9 Å². The maximum absolute atomic E-state index is 5.42. The molecule has 26 heavy (non-hydrogen) atoms. The summed E-state index contributed by atoms with van der Waals surface area (Å²) in [6.45, 7) is 4.17. The first-order valence-corrected chi connectivity index (χ1v) is 10.2. The zero-order valence-electron chi connectivity index (χ0n) is 14.5. The minimum absolute atomic E-state index is 0.0336. The van der Waals surface area contributed by atoms with E-state index < -0.39 is 0 Å². The molecule has 4 rings (SSSR count). The van der Waals surface area contributed by atoms with Crippen molar-refractivity contribution in [2.45, 2.75) is 37.0 Å². The largest absolute Gasteiger partial charge is 0.338 e. The summed E-state index contributed by atoms with van der Waals surface area (Å²) in [6.07, 6.45) is 3.47. The van der Waals surface area contributed by atoms with Crippen LogP contribution < -0.4 is 0 Å². The number of aromatic nitrogens is 4. The summed E-state index contributed by atoms with van der Waals surface area (Å²) in [5.74, 6) is 1.41. The van der Waals surface area contributed by atoms with Gasteiger partial charge in [0, 0.05) is 16.7 Å². The average Bonchev–Trinajstić information content (AvgIpc) is 3.30. The molecule has 0 N–H and O–H groups in total. The summed E-state index contributed by atoms with van der Waals surface area (Å²) in [5.41, 5.74) is 1.20. The molecular formula is C19H18N4OS2. The fourth-order valence-electron chi connectivity index (χ4n) is 2.65. The molecule has 3 aromatic heterocycles. The van der Waals surface area contributed by atoms with Gasteiger partial charge in [-0.25, -0.2) is 9.97 Å². The van der Waals surface area contributed by atoms with Gasteiger partial charge < -0.3 is 4.52 Å². The van der Waals surface area contributed by atoms with E-state index in [1.54, 1.807) is 29.4 Å². The van der Waals surface area contributed by atoms with Gasteiger partial charge >= 0.3 is 0 Å². The number of aryl methyl sites for hydroxylation is 1. The van der Waals surface area contributed by atoms with E-state index in [4.69, 9.17) is 4.52 Å². The molecule has 0 aliphatic heterocycles. The van der Waals surface area contributed by atoms with E-state index in [9.17, 15) is 0 Å². The van der Waals surface area contributed by atoms with E-state index in [-0.39, 0.29) is 5.25 Å². The Morgan fingerprint density at radius 3 is 2.85 bits per heavy atom. The molecule has 0 saturated heterocycles. The molecule has 132 valence electrons. The molecule has 3 heterocycles. The monoisotopic (exact) mass is 382 g/mol. The molecule has 1 atom stereocenters. The Balaban J connectivity index is 1.62. The van der Waals surface area contributed by atoms with Gasteiger partial charge in [-0.1, -0.05) is 54.2 Å². The standard InChI is InChI=1S/C19H18N4OS2/c1-3-7-16-22-17(24-23-16)12(2)25-18-14-10-15(13-8-5-4-6-9-13)26-19(14)21-11-20-18/h4-6,8-12H,3,7H2,1-2H3. The lowest BCUT2D eigenvalue weighted by molar-refractivity contribution is 0.374. The quantitative estimate of drug-likeness (QED) is 0.322. The van der Waals surface area contributed by atoms with Crippen LogP contribution >= 0.6 is 23.1 Å². The van der Waals surface area contributed by atoms with Crippen LogP contribution in [0.4, 0.5) is 0 Å². The Hall–Kier alpha value is -2.25. The summed E-state index contributed by atoms with van der Waals surface area (Å²) in [7, 11) is 0. The van der Waals surface area contributed by atoms with Crippen LogP contribution in [0.3, 0.4) is 0 Å². The van der Waals surface area contributed by atoms with Crippen LogP contribution in [0.2, 0.25) is 0 Å². The molecule has 1 aromatic carbocycles. The number of fused-ring (bicyclic) bond motifs is 1. The first-order chi connectivity index (χ1) is 12.7. The Bertz CT molecular complexity index is 1010. The Kier molecular flexibility index (Phi) is 4.99. The highest BCUT2D eigenvalue weighted by atomic mass is 32.2. The molecular weight excluding hydrogens is 364 g/mol. The zero-order valence-corrected chi connectivity index (χ0v) is 16.2. The van der Waals surface area contributed by atoms with Gasteiger partial charge in [-0.15, -0.1) is 11.3 Å². The number of thiophene rings is 1. The minimum Gasteiger partial charge on any atom is -0.338 e. The van der Waals surface area contributed by atoms with Crippen molar-refractivity contribution in [3.8, 4) is 10.4 Å². The SMILES string of the molecule is CCCc1noc(C(C)Sc2ncnc3sc(-c4ccccc4)cc23)n1. The predicted molar refractivity (Wildman–Crippen MR) is 105 cm³/mol. The molecule has 0 spiro atoms. The number of nitrogens with zero attached hydrogens (tertiary/aromatic N) is 4. The predicted octanol–water partition coefficient (Wildman–Crippen LogP) is 5.55. The van der Waals surface area contributed by atoms with Gasteiger partial charge in [0.1, 0.15) is 16.2 Å². The van der Waals surface area contributed by atoms with E-state index in [0.29, 0.717) is 5.89 Å². The number of rotatable bonds is 6. The van der Waals surface area contributed by atoms with Gasteiger partial charge in [0.15, 0.2) is 5.82 Å². The van der Waals surface area contributed by atoms with Crippen LogP contribution in [0.25, 0.3) is 20.7 Å². The van der Waals surface area contributed by atoms with Crippen molar-refractivity contribution >= 4 is 33.3 Å². The summed E-state index contributed by atoms with van der Waals surface area (Å²) < 4.78 is 5.42. The second-order valence-corrected chi connectivity index (χ2v) is 8.29. The number of benzene rings is 1. The highest BCUT2D eigenvalue weighted by Crippen LogP contribution is 2.40. The number of hydrogen-bond donors (Lipinski definition) is 0. The molecule has 0 radical (unpaired) electrons. The van der Waals surface area contributed by atoms with Crippen LogP contribution in [-0.4, -0.2) is 20.1 Å². The lowest BCUT2D eigenvalue weighted by Gasteiger charge is -2.06. The van der Waals surface area contributed by atoms with Gasteiger partial charge in [0.2, 0.25) is 5.89 Å². The Labute approximate surface area is 159 Å². The van der Waals surface area contributed by atoms with Gasteiger partial charge in [0.25, 0.3) is 0 Å². The topological polar surface area (TPSA) is 64.7 Å². The molecule has 1 unspecified atom stereocenters. The van der Waals surface area contributed by atoms with Crippen molar-refractivity contribution in [1.82, 2.24) is 20.1 Å². The normalized spacial score (nSPS) is 12.5. The highest BCUT2D eigenvalue weighted by molar-refractivity contribution is 7.99. The third-order valence-electron chi connectivity index (χ3n) is 3.94. The van der Waals surface area contributed by atoms with Crippen molar-refractivity contribution < 1.29 is 4.52 Å². The fourth-order valence-corrected chi connectivity index (χ4v) is 4.64. The minimum atomic E-state index is 0.0336. The third-order valence-corrected chi connectivity index (χ3v) is 6.14. The molecule has 5 nitrogen and oxygen atoms in total. The molecule has 7 heteroatoms. The van der Waals surface area contributed by atoms with Gasteiger partial charge in [-0.2, -0.15) is 4.98 Å². The first kappa shape index (κ1) is 17.2. The second-order valence-electron chi connectivity index (χ2n) is 5.93. The van der Waals surface area contributed by atoms with E-state index in [2.05, 4.69) is 52.2 Å². The molecule has 0 fully saturated rings. The highest BCUT2D eigenvalue weighted by Gasteiger charge is 2.19. The third kappa shape index (κ3) is 3.50. The maximum atomic E-state index is 5.42. The Morgan fingerprint density at radius 2 is 2.04 bits per heavy atom. The van der Waals surface area contributed by atoms with E-state index >= 15 is 0 Å². The van der Waals surface area contributed by atoms with Crippen molar-refractivity contribution in [2.24, 2.45) is 0 Å². The lowest BCUT2D eigenvalue weighted by Crippen LogP contribution is -1.92. The first-order valence-electron chi connectivity index (χ1n) is 8.53. The van der Waals surface area contributed by atoms with Crippen molar-refractivity contribution in [1.29, 1.82) is 0 Å². The molecule has 4 aromatic rings. The van der Waals surface area contributed by atoms with E-state index in [1.165, 1.54) is 10.4 Å². The molecule has 0 amide bonds. The zero-order chi connectivity index (χ0) is 17.9. The maximum Gasteiger partial charge on any atom is 0.239 e. The van der Waals surface area contributed by atoms with Gasteiger partial charge in [-0.05, 0) is 25.0 Å². The van der Waals surface area contributed by atoms with Crippen LogP contribution in [0.5, 0.6) is 0 Å². The van der Waals surface area contributed by atoms with Crippen LogP contribution in [-0.2, 0) is 6.42 Å². The number of thioether (sulfide) groups is 1. The van der Waals surface area contributed by atoms with Gasteiger partial charge in [-0.3, -0.25) is 0 Å². The summed E-state index contributed by atoms with van der Waals surface area (Å²) in [5, 5.41) is 6.09.